The number of benzene rings is 1. The Morgan fingerprint density at radius 3 is 2.84 bits per heavy atom. The van der Waals surface area contributed by atoms with Crippen molar-refractivity contribution in [2.45, 2.75) is 13.8 Å². The molecule has 100 valence electrons. The lowest BCUT2D eigenvalue weighted by Gasteiger charge is -2.37. The Balaban J connectivity index is 1.84. The minimum Gasteiger partial charge on any atom is -0.359 e. The number of carbonyl (C=O) groups is 1. The molecule has 1 fully saturated rings. The summed E-state index contributed by atoms with van der Waals surface area (Å²) in [6, 6.07) is 4.34. The summed E-state index contributed by atoms with van der Waals surface area (Å²) in [6.45, 7) is 5.76. The van der Waals surface area contributed by atoms with Crippen molar-refractivity contribution in [2.75, 3.05) is 25.0 Å². The number of aryl methyl sites for hydroxylation is 2. The molecule has 0 unspecified atom stereocenters. The highest BCUT2D eigenvalue weighted by Crippen LogP contribution is 2.34. The third kappa shape index (κ3) is 2.08. The van der Waals surface area contributed by atoms with E-state index in [9.17, 15) is 4.79 Å². The van der Waals surface area contributed by atoms with Gasteiger partial charge in [-0.1, -0.05) is 17.4 Å². The van der Waals surface area contributed by atoms with Gasteiger partial charge >= 0.3 is 0 Å². The second-order valence-electron chi connectivity index (χ2n) is 5.14. The Kier molecular flexibility index (Phi) is 2.93. The van der Waals surface area contributed by atoms with E-state index in [1.807, 2.05) is 0 Å². The molecule has 1 amide bonds. The largest absolute Gasteiger partial charge is 0.359 e. The van der Waals surface area contributed by atoms with E-state index in [4.69, 9.17) is 4.98 Å². The molecule has 0 bridgehead atoms. The maximum atomic E-state index is 11.5. The van der Waals surface area contributed by atoms with E-state index in [1.165, 1.54) is 15.8 Å². The molecule has 1 aliphatic rings. The summed E-state index contributed by atoms with van der Waals surface area (Å²) in [6.07, 6.45) is 0. The van der Waals surface area contributed by atoms with Gasteiger partial charge in [-0.05, 0) is 31.0 Å². The third-order valence-electron chi connectivity index (χ3n) is 3.59. The molecule has 1 saturated heterocycles. The molecule has 0 aliphatic carbocycles. The molecular weight excluding hydrogens is 258 g/mol. The van der Waals surface area contributed by atoms with Crippen molar-refractivity contribution in [3.8, 4) is 0 Å². The molecule has 1 N–H and O–H groups in total. The lowest BCUT2D eigenvalue weighted by molar-refractivity contribution is -0.125. The Morgan fingerprint density at radius 1 is 1.42 bits per heavy atom. The van der Waals surface area contributed by atoms with Gasteiger partial charge < -0.3 is 10.2 Å². The summed E-state index contributed by atoms with van der Waals surface area (Å²) in [5.74, 6) is 0.240. The van der Waals surface area contributed by atoms with E-state index >= 15 is 0 Å². The number of amides is 1. The SMILES string of the molecule is CNC(=O)C1CN(c2nc3c(C)cc(C)cc3s2)C1. The van der Waals surface area contributed by atoms with Crippen molar-refractivity contribution in [3.05, 3.63) is 23.3 Å². The maximum absolute atomic E-state index is 11.5. The van der Waals surface area contributed by atoms with Crippen molar-refractivity contribution in [3.63, 3.8) is 0 Å². The van der Waals surface area contributed by atoms with Crippen LogP contribution in [0, 0.1) is 19.8 Å². The summed E-state index contributed by atoms with van der Waals surface area (Å²) in [5, 5.41) is 3.73. The Bertz CT molecular complexity index is 643. The molecule has 2 aromatic rings. The zero-order valence-electron chi connectivity index (χ0n) is 11.4. The monoisotopic (exact) mass is 275 g/mol. The Hall–Kier alpha value is -1.62. The van der Waals surface area contributed by atoms with Crippen molar-refractivity contribution < 1.29 is 4.79 Å². The average molecular weight is 275 g/mol. The summed E-state index contributed by atoms with van der Waals surface area (Å²) in [5.41, 5.74) is 3.59. The fraction of sp³-hybridized carbons (Fsp3) is 0.429. The molecule has 0 saturated carbocycles. The number of thiazole rings is 1. The highest BCUT2D eigenvalue weighted by Gasteiger charge is 2.33. The number of hydrogen-bond donors (Lipinski definition) is 1. The zero-order valence-corrected chi connectivity index (χ0v) is 12.2. The second-order valence-corrected chi connectivity index (χ2v) is 6.15. The number of nitrogens with zero attached hydrogens (tertiary/aromatic N) is 2. The van der Waals surface area contributed by atoms with E-state index in [2.05, 4.69) is 36.2 Å². The number of anilines is 1. The summed E-state index contributed by atoms with van der Waals surface area (Å²) < 4.78 is 1.23. The lowest BCUT2D eigenvalue weighted by Crippen LogP contribution is -2.53. The smallest absolute Gasteiger partial charge is 0.226 e. The van der Waals surface area contributed by atoms with Gasteiger partial charge in [0.15, 0.2) is 5.13 Å². The molecule has 0 radical (unpaired) electrons. The minimum absolute atomic E-state index is 0.111. The Morgan fingerprint density at radius 2 is 2.16 bits per heavy atom. The quantitative estimate of drug-likeness (QED) is 0.913. The van der Waals surface area contributed by atoms with Crippen LogP contribution >= 0.6 is 11.3 Å². The average Bonchev–Trinajstić information content (AvgIpc) is 2.70. The number of rotatable bonds is 2. The predicted octanol–water partition coefficient (Wildman–Crippen LogP) is 2.10. The fourth-order valence-electron chi connectivity index (χ4n) is 2.50. The van der Waals surface area contributed by atoms with Gasteiger partial charge in [0, 0.05) is 20.1 Å². The van der Waals surface area contributed by atoms with Gasteiger partial charge in [0.05, 0.1) is 16.1 Å². The van der Waals surface area contributed by atoms with Crippen LogP contribution in [0.25, 0.3) is 10.2 Å². The van der Waals surface area contributed by atoms with Crippen LogP contribution in [0.2, 0.25) is 0 Å². The first-order chi connectivity index (χ1) is 9.08. The van der Waals surface area contributed by atoms with Crippen molar-refractivity contribution in [1.82, 2.24) is 10.3 Å². The van der Waals surface area contributed by atoms with Crippen molar-refractivity contribution in [1.29, 1.82) is 0 Å². The van der Waals surface area contributed by atoms with Crippen molar-refractivity contribution >= 4 is 32.6 Å². The molecular formula is C14H17N3OS. The minimum atomic E-state index is 0.111. The van der Waals surface area contributed by atoms with Crippen LogP contribution in [0.3, 0.4) is 0 Å². The lowest BCUT2D eigenvalue weighted by atomic mass is 10.0. The summed E-state index contributed by atoms with van der Waals surface area (Å²) in [4.78, 5) is 18.4. The van der Waals surface area contributed by atoms with Crippen LogP contribution in [0.4, 0.5) is 5.13 Å². The molecule has 4 nitrogen and oxygen atoms in total. The number of aromatic nitrogens is 1. The van der Waals surface area contributed by atoms with Crippen LogP contribution in [0.15, 0.2) is 12.1 Å². The van der Waals surface area contributed by atoms with Crippen LogP contribution in [0.5, 0.6) is 0 Å². The standard InChI is InChI=1S/C14H17N3OS/c1-8-4-9(2)12-11(5-8)19-14(16-12)17-6-10(7-17)13(18)15-3/h4-5,10H,6-7H2,1-3H3,(H,15,18). The van der Waals surface area contributed by atoms with Gasteiger partial charge in [0.2, 0.25) is 5.91 Å². The number of nitrogens with one attached hydrogen (secondary N) is 1. The maximum Gasteiger partial charge on any atom is 0.226 e. The summed E-state index contributed by atoms with van der Waals surface area (Å²) >= 11 is 1.71. The zero-order chi connectivity index (χ0) is 13.6. The van der Waals surface area contributed by atoms with Gasteiger partial charge in [0.25, 0.3) is 0 Å². The van der Waals surface area contributed by atoms with E-state index in [0.29, 0.717) is 0 Å². The number of fused-ring (bicyclic) bond motifs is 1. The first-order valence-electron chi connectivity index (χ1n) is 6.43. The molecule has 19 heavy (non-hydrogen) atoms. The molecule has 1 aromatic heterocycles. The molecule has 1 aromatic carbocycles. The fourth-order valence-corrected chi connectivity index (χ4v) is 3.66. The van der Waals surface area contributed by atoms with E-state index in [1.54, 1.807) is 18.4 Å². The van der Waals surface area contributed by atoms with Gasteiger partial charge in [-0.25, -0.2) is 4.98 Å². The van der Waals surface area contributed by atoms with E-state index < -0.39 is 0 Å². The third-order valence-corrected chi connectivity index (χ3v) is 4.65. The molecule has 3 rings (SSSR count). The van der Waals surface area contributed by atoms with Crippen LogP contribution in [0.1, 0.15) is 11.1 Å². The molecule has 2 heterocycles. The first-order valence-corrected chi connectivity index (χ1v) is 7.24. The molecule has 0 atom stereocenters. The second kappa shape index (κ2) is 4.49. The van der Waals surface area contributed by atoms with Gasteiger partial charge in [-0.15, -0.1) is 0 Å². The van der Waals surface area contributed by atoms with Crippen LogP contribution < -0.4 is 10.2 Å². The summed E-state index contributed by atoms with van der Waals surface area (Å²) in [7, 11) is 1.69. The van der Waals surface area contributed by atoms with E-state index in [0.717, 1.165) is 23.7 Å². The van der Waals surface area contributed by atoms with Gasteiger partial charge in [-0.2, -0.15) is 0 Å². The van der Waals surface area contributed by atoms with Crippen molar-refractivity contribution in [2.24, 2.45) is 5.92 Å². The predicted molar refractivity (Wildman–Crippen MR) is 78.9 cm³/mol. The van der Waals surface area contributed by atoms with Crippen LogP contribution in [-0.2, 0) is 4.79 Å². The Labute approximate surface area is 116 Å². The normalized spacial score (nSPS) is 15.6. The highest BCUT2D eigenvalue weighted by molar-refractivity contribution is 7.22. The highest BCUT2D eigenvalue weighted by atomic mass is 32.1. The molecule has 0 spiro atoms. The first kappa shape index (κ1) is 12.4. The van der Waals surface area contributed by atoms with Crippen LogP contribution in [-0.4, -0.2) is 31.0 Å². The topological polar surface area (TPSA) is 45.2 Å². The van der Waals surface area contributed by atoms with Gasteiger partial charge in [0.1, 0.15) is 0 Å². The van der Waals surface area contributed by atoms with Gasteiger partial charge in [-0.3, -0.25) is 4.79 Å². The number of hydrogen-bond acceptors (Lipinski definition) is 4. The molecule has 1 aliphatic heterocycles. The van der Waals surface area contributed by atoms with E-state index in [-0.39, 0.29) is 11.8 Å². The number of carbonyl (C=O) groups excluding carboxylic acids is 1. The molecule has 5 heteroatoms.